The molecule has 1 saturated carbocycles. The molecule has 3 rings (SSSR count). The molecule has 0 heterocycles. The van der Waals surface area contributed by atoms with Gasteiger partial charge in [0, 0.05) is 11.8 Å². The van der Waals surface area contributed by atoms with Crippen molar-refractivity contribution >= 4 is 35.0 Å². The zero-order chi connectivity index (χ0) is 22.2. The quantitative estimate of drug-likeness (QED) is 0.312. The topological polar surface area (TPSA) is 80.9 Å². The summed E-state index contributed by atoms with van der Waals surface area (Å²) in [7, 11) is 4.65. The Morgan fingerprint density at radius 1 is 1.03 bits per heavy atom. The molecule has 0 aromatic heterocycles. The van der Waals surface area contributed by atoms with E-state index < -0.39 is 0 Å². The van der Waals surface area contributed by atoms with E-state index in [1.54, 1.807) is 39.5 Å². The number of hydrogen-bond acceptors (Lipinski definition) is 5. The number of benzene rings is 2. The highest BCUT2D eigenvalue weighted by molar-refractivity contribution is 7.80. The Kier molecular flexibility index (Phi) is 7.72. The molecule has 164 valence electrons. The molecule has 1 unspecified atom stereocenters. The molecule has 3 N–H and O–H groups in total. The molecule has 0 bridgehead atoms. The van der Waals surface area contributed by atoms with Crippen LogP contribution in [0.4, 0.5) is 5.69 Å². The van der Waals surface area contributed by atoms with Crippen molar-refractivity contribution in [1.82, 2.24) is 10.6 Å². The van der Waals surface area contributed by atoms with Crippen molar-refractivity contribution in [1.29, 1.82) is 0 Å². The first-order chi connectivity index (χ1) is 15.0. The second-order valence-electron chi connectivity index (χ2n) is 7.08. The van der Waals surface area contributed by atoms with Crippen molar-refractivity contribution in [3.05, 3.63) is 54.1 Å². The third kappa shape index (κ3) is 6.36. The second-order valence-corrected chi connectivity index (χ2v) is 7.49. The first-order valence-electron chi connectivity index (χ1n) is 9.95. The summed E-state index contributed by atoms with van der Waals surface area (Å²) in [5.41, 5.74) is 1.64. The van der Waals surface area contributed by atoms with Crippen LogP contribution in [0.15, 0.2) is 48.5 Å². The molecule has 0 saturated heterocycles. The van der Waals surface area contributed by atoms with E-state index in [0.29, 0.717) is 28.3 Å². The van der Waals surface area contributed by atoms with Crippen molar-refractivity contribution in [3.8, 4) is 17.2 Å². The fourth-order valence-electron chi connectivity index (χ4n) is 3.10. The third-order valence-electron chi connectivity index (χ3n) is 4.82. The van der Waals surface area contributed by atoms with Crippen LogP contribution in [0.5, 0.6) is 17.2 Å². The Bertz CT molecular complexity index is 920. The molecule has 2 aromatic carbocycles. The molecular weight excluding hydrogens is 414 g/mol. The van der Waals surface area contributed by atoms with Gasteiger partial charge in [0.2, 0.25) is 11.7 Å². The summed E-state index contributed by atoms with van der Waals surface area (Å²) in [5.74, 6) is 1.69. The van der Waals surface area contributed by atoms with Gasteiger partial charge in [-0.2, -0.15) is 0 Å². The summed E-state index contributed by atoms with van der Waals surface area (Å²) >= 11 is 5.40. The summed E-state index contributed by atoms with van der Waals surface area (Å²) in [6.07, 6.45) is 5.03. The Balaban J connectivity index is 1.62. The second kappa shape index (κ2) is 10.7. The summed E-state index contributed by atoms with van der Waals surface area (Å²) in [4.78, 5) is 12.5. The van der Waals surface area contributed by atoms with Gasteiger partial charge in [-0.15, -0.1) is 0 Å². The first kappa shape index (κ1) is 22.4. The van der Waals surface area contributed by atoms with E-state index in [-0.39, 0.29) is 12.1 Å². The highest BCUT2D eigenvalue weighted by Crippen LogP contribution is 2.38. The minimum Gasteiger partial charge on any atom is -0.493 e. The van der Waals surface area contributed by atoms with Crippen LogP contribution < -0.4 is 30.2 Å². The highest BCUT2D eigenvalue weighted by Gasteiger charge is 2.32. The number of anilines is 1. The number of methoxy groups -OCH3 is 3. The zero-order valence-electron chi connectivity index (χ0n) is 17.8. The third-order valence-corrected chi connectivity index (χ3v) is 5.04. The summed E-state index contributed by atoms with van der Waals surface area (Å²) in [6.45, 7) is 0. The Morgan fingerprint density at radius 3 is 2.23 bits per heavy atom. The van der Waals surface area contributed by atoms with E-state index in [1.807, 2.05) is 30.3 Å². The molecule has 1 amide bonds. The van der Waals surface area contributed by atoms with Crippen LogP contribution in [0.1, 0.15) is 18.4 Å². The average Bonchev–Trinajstić information content (AvgIpc) is 3.62. The van der Waals surface area contributed by atoms with Crippen LogP contribution >= 0.6 is 12.2 Å². The van der Waals surface area contributed by atoms with E-state index in [1.165, 1.54) is 6.08 Å². The predicted molar refractivity (Wildman–Crippen MR) is 126 cm³/mol. The number of rotatable bonds is 9. The van der Waals surface area contributed by atoms with Crippen molar-refractivity contribution in [2.24, 2.45) is 5.92 Å². The minimum absolute atomic E-state index is 0.222. The molecule has 0 spiro atoms. The maximum atomic E-state index is 12.5. The number of carbonyl (C=O) groups is 1. The molecular formula is C23H27N3O4S. The number of ether oxygens (including phenoxy) is 3. The van der Waals surface area contributed by atoms with Crippen LogP contribution in [-0.2, 0) is 4.79 Å². The van der Waals surface area contributed by atoms with Gasteiger partial charge in [-0.25, -0.2) is 0 Å². The van der Waals surface area contributed by atoms with Gasteiger partial charge in [0.1, 0.15) is 6.17 Å². The number of nitrogens with one attached hydrogen (secondary N) is 3. The number of hydrogen-bond donors (Lipinski definition) is 3. The molecule has 2 aromatic rings. The van der Waals surface area contributed by atoms with Gasteiger partial charge >= 0.3 is 0 Å². The molecule has 1 aliphatic rings. The summed E-state index contributed by atoms with van der Waals surface area (Å²) in [6, 6.07) is 13.2. The molecule has 1 aliphatic carbocycles. The van der Waals surface area contributed by atoms with E-state index >= 15 is 0 Å². The van der Waals surface area contributed by atoms with Crippen LogP contribution in [0, 0.1) is 5.92 Å². The molecule has 1 atom stereocenters. The standard InChI is InChI=1S/C23H27N3O4S/c1-28-18-13-15(14-19(29-2)21(18)30-3)9-12-20(27)25-22(16-10-11-16)26-23(31)24-17-7-5-4-6-8-17/h4-9,12-14,16,22H,10-11H2,1-3H3,(H,25,27)(H2,24,26,31). The fraction of sp³-hybridized carbons (Fsp3) is 0.304. The van der Waals surface area contributed by atoms with Gasteiger partial charge in [0.05, 0.1) is 21.3 Å². The lowest BCUT2D eigenvalue weighted by molar-refractivity contribution is -0.117. The number of carbonyl (C=O) groups excluding carboxylic acids is 1. The van der Waals surface area contributed by atoms with Gasteiger partial charge < -0.3 is 30.2 Å². The fourth-order valence-corrected chi connectivity index (χ4v) is 3.35. The van der Waals surface area contributed by atoms with Gasteiger partial charge in [0.25, 0.3) is 0 Å². The summed E-state index contributed by atoms with van der Waals surface area (Å²) < 4.78 is 16.0. The Morgan fingerprint density at radius 2 is 1.68 bits per heavy atom. The summed E-state index contributed by atoms with van der Waals surface area (Å²) in [5, 5.41) is 9.80. The first-order valence-corrected chi connectivity index (χ1v) is 10.4. The van der Waals surface area contributed by atoms with E-state index in [2.05, 4.69) is 16.0 Å². The van der Waals surface area contributed by atoms with Crippen LogP contribution in [-0.4, -0.2) is 38.5 Å². The van der Waals surface area contributed by atoms with Gasteiger partial charge in [0.15, 0.2) is 16.6 Å². The smallest absolute Gasteiger partial charge is 0.245 e. The van der Waals surface area contributed by atoms with Crippen molar-refractivity contribution in [3.63, 3.8) is 0 Å². The maximum absolute atomic E-state index is 12.5. The Labute approximate surface area is 187 Å². The van der Waals surface area contributed by atoms with Crippen molar-refractivity contribution in [2.45, 2.75) is 19.0 Å². The van der Waals surface area contributed by atoms with Crippen LogP contribution in [0.25, 0.3) is 6.08 Å². The molecule has 0 radical (unpaired) electrons. The number of thiocarbonyl (C=S) groups is 1. The lowest BCUT2D eigenvalue weighted by Crippen LogP contribution is -2.50. The predicted octanol–water partition coefficient (Wildman–Crippen LogP) is 3.56. The normalized spacial score (nSPS) is 13.9. The largest absolute Gasteiger partial charge is 0.493 e. The van der Waals surface area contributed by atoms with Crippen molar-refractivity contribution in [2.75, 3.05) is 26.6 Å². The van der Waals surface area contributed by atoms with Gasteiger partial charge in [-0.1, -0.05) is 18.2 Å². The van der Waals surface area contributed by atoms with Gasteiger partial charge in [-0.3, -0.25) is 4.79 Å². The molecule has 1 fully saturated rings. The Hall–Kier alpha value is -3.26. The van der Waals surface area contributed by atoms with E-state index in [0.717, 1.165) is 24.1 Å². The minimum atomic E-state index is -0.235. The number of para-hydroxylation sites is 1. The van der Waals surface area contributed by atoms with E-state index in [9.17, 15) is 4.79 Å². The monoisotopic (exact) mass is 441 g/mol. The number of amides is 1. The van der Waals surface area contributed by atoms with Crippen LogP contribution in [0.3, 0.4) is 0 Å². The molecule has 31 heavy (non-hydrogen) atoms. The SMILES string of the molecule is COc1cc(C=CC(=O)NC(NC(=S)Nc2ccccc2)C2CC2)cc(OC)c1OC. The van der Waals surface area contributed by atoms with E-state index in [4.69, 9.17) is 26.4 Å². The molecule has 0 aliphatic heterocycles. The zero-order valence-corrected chi connectivity index (χ0v) is 18.6. The van der Waals surface area contributed by atoms with Gasteiger partial charge in [-0.05, 0) is 66.9 Å². The lowest BCUT2D eigenvalue weighted by atomic mass is 10.1. The molecule has 8 heteroatoms. The van der Waals surface area contributed by atoms with Crippen molar-refractivity contribution < 1.29 is 19.0 Å². The molecule has 7 nitrogen and oxygen atoms in total. The lowest BCUT2D eigenvalue weighted by Gasteiger charge is -2.21. The highest BCUT2D eigenvalue weighted by atomic mass is 32.1. The van der Waals surface area contributed by atoms with Crippen LogP contribution in [0.2, 0.25) is 0 Å². The maximum Gasteiger partial charge on any atom is 0.245 e. The average molecular weight is 442 g/mol.